The summed E-state index contributed by atoms with van der Waals surface area (Å²) in [7, 11) is 0. The van der Waals surface area contributed by atoms with Gasteiger partial charge in [0.05, 0.1) is 18.5 Å². The first-order chi connectivity index (χ1) is 10.8. The van der Waals surface area contributed by atoms with E-state index in [9.17, 15) is 4.79 Å². The maximum atomic E-state index is 13.0. The minimum atomic E-state index is 0.00949. The number of hydrogen-bond acceptors (Lipinski definition) is 2. The number of anilines is 1. The average molecular weight is 289 g/mol. The van der Waals surface area contributed by atoms with E-state index in [4.69, 9.17) is 4.42 Å². The molecule has 1 aliphatic rings. The first-order valence-corrected chi connectivity index (χ1v) is 7.29. The minimum Gasteiger partial charge on any atom is -0.462 e. The lowest BCUT2D eigenvalue weighted by Gasteiger charge is -2.28. The average Bonchev–Trinajstić information content (AvgIpc) is 3.04. The molecule has 0 atom stereocenters. The van der Waals surface area contributed by atoms with Crippen molar-refractivity contribution in [1.82, 2.24) is 0 Å². The van der Waals surface area contributed by atoms with Gasteiger partial charge in [0.1, 0.15) is 0 Å². The van der Waals surface area contributed by atoms with Crippen molar-refractivity contribution in [3.05, 3.63) is 77.6 Å². The van der Waals surface area contributed by atoms with Crippen LogP contribution in [0.4, 0.5) is 5.69 Å². The third-order valence-electron chi connectivity index (χ3n) is 4.15. The molecule has 4 rings (SSSR count). The van der Waals surface area contributed by atoms with Crippen molar-refractivity contribution in [3.63, 3.8) is 0 Å². The molecule has 3 nitrogen and oxygen atoms in total. The zero-order chi connectivity index (χ0) is 15.1. The van der Waals surface area contributed by atoms with Gasteiger partial charge in [0.25, 0.3) is 5.91 Å². The van der Waals surface area contributed by atoms with Gasteiger partial charge in [-0.2, -0.15) is 0 Å². The van der Waals surface area contributed by atoms with E-state index in [0.29, 0.717) is 6.54 Å². The first-order valence-electron chi connectivity index (χ1n) is 7.29. The van der Waals surface area contributed by atoms with E-state index in [0.717, 1.165) is 33.7 Å². The molecular formula is C19H15NO2. The van der Waals surface area contributed by atoms with Crippen molar-refractivity contribution in [3.8, 4) is 11.3 Å². The Morgan fingerprint density at radius 2 is 1.82 bits per heavy atom. The Kier molecular flexibility index (Phi) is 2.86. The molecule has 0 N–H and O–H groups in total. The Hall–Kier alpha value is -2.81. The summed E-state index contributed by atoms with van der Waals surface area (Å²) in [6.07, 6.45) is 1.64. The van der Waals surface area contributed by atoms with Gasteiger partial charge in [-0.25, -0.2) is 0 Å². The van der Waals surface area contributed by atoms with Crippen LogP contribution < -0.4 is 4.90 Å². The second-order valence-electron chi connectivity index (χ2n) is 5.50. The van der Waals surface area contributed by atoms with E-state index in [-0.39, 0.29) is 5.91 Å². The summed E-state index contributed by atoms with van der Waals surface area (Å²) < 4.78 is 5.64. The Balaban J connectivity index is 1.82. The summed E-state index contributed by atoms with van der Waals surface area (Å²) in [5, 5.41) is 0. The van der Waals surface area contributed by atoms with E-state index in [1.807, 2.05) is 61.5 Å². The van der Waals surface area contributed by atoms with Gasteiger partial charge in [-0.3, -0.25) is 4.79 Å². The third kappa shape index (κ3) is 1.86. The number of fused-ring (bicyclic) bond motifs is 3. The molecule has 1 aliphatic heterocycles. The van der Waals surface area contributed by atoms with E-state index < -0.39 is 0 Å². The molecule has 0 saturated heterocycles. The highest BCUT2D eigenvalue weighted by Gasteiger charge is 2.29. The van der Waals surface area contributed by atoms with Gasteiger partial charge in [0.15, 0.2) is 5.76 Å². The molecule has 0 saturated carbocycles. The monoisotopic (exact) mass is 289 g/mol. The van der Waals surface area contributed by atoms with Crippen molar-refractivity contribution >= 4 is 11.6 Å². The third-order valence-corrected chi connectivity index (χ3v) is 4.15. The Morgan fingerprint density at radius 3 is 2.68 bits per heavy atom. The Morgan fingerprint density at radius 1 is 1.05 bits per heavy atom. The number of nitrogens with zero attached hydrogens (tertiary/aromatic N) is 1. The first kappa shape index (κ1) is 12.9. The number of furan rings is 1. The number of carbonyl (C=O) groups excluding carboxylic acids is 1. The van der Waals surface area contributed by atoms with Crippen molar-refractivity contribution < 1.29 is 9.21 Å². The molecule has 0 spiro atoms. The van der Waals surface area contributed by atoms with E-state index in [1.165, 1.54) is 0 Å². The van der Waals surface area contributed by atoms with Crippen LogP contribution in [0.1, 0.15) is 21.5 Å². The van der Waals surface area contributed by atoms with Crippen LogP contribution in [-0.2, 0) is 6.54 Å². The molecule has 22 heavy (non-hydrogen) atoms. The fourth-order valence-electron chi connectivity index (χ4n) is 2.99. The van der Waals surface area contributed by atoms with Gasteiger partial charge in [0.2, 0.25) is 0 Å². The summed E-state index contributed by atoms with van der Waals surface area (Å²) in [6.45, 7) is 2.53. The topological polar surface area (TPSA) is 33.5 Å². The molecule has 0 aliphatic carbocycles. The lowest BCUT2D eigenvalue weighted by atomic mass is 9.98. The van der Waals surface area contributed by atoms with Crippen molar-refractivity contribution in [2.45, 2.75) is 13.5 Å². The summed E-state index contributed by atoms with van der Waals surface area (Å²) >= 11 is 0. The lowest BCUT2D eigenvalue weighted by molar-refractivity contribution is 0.0984. The summed E-state index contributed by atoms with van der Waals surface area (Å²) in [5.41, 5.74) is 4.72. The molecule has 0 radical (unpaired) electrons. The smallest absolute Gasteiger partial charge is 0.258 e. The van der Waals surface area contributed by atoms with Crippen molar-refractivity contribution in [2.75, 3.05) is 4.90 Å². The van der Waals surface area contributed by atoms with Crippen LogP contribution in [0.25, 0.3) is 11.3 Å². The van der Waals surface area contributed by atoms with Gasteiger partial charge >= 0.3 is 0 Å². The maximum Gasteiger partial charge on any atom is 0.258 e. The Labute approximate surface area is 128 Å². The van der Waals surface area contributed by atoms with Crippen LogP contribution in [-0.4, -0.2) is 5.91 Å². The molecule has 0 unspecified atom stereocenters. The molecular weight excluding hydrogens is 274 g/mol. The largest absolute Gasteiger partial charge is 0.462 e. The quantitative estimate of drug-likeness (QED) is 0.664. The van der Waals surface area contributed by atoms with Crippen LogP contribution in [0.15, 0.2) is 65.3 Å². The molecule has 108 valence electrons. The number of hydrogen-bond donors (Lipinski definition) is 0. The van der Waals surface area contributed by atoms with Crippen LogP contribution in [0.5, 0.6) is 0 Å². The van der Waals surface area contributed by atoms with Gasteiger partial charge in [0, 0.05) is 17.2 Å². The zero-order valence-electron chi connectivity index (χ0n) is 12.2. The molecule has 3 heteroatoms. The SMILES string of the molecule is Cc1ccccc1C(=O)N1Cc2ccccc2-c2occc21. The minimum absolute atomic E-state index is 0.00949. The van der Waals surface area contributed by atoms with Crippen molar-refractivity contribution in [1.29, 1.82) is 0 Å². The van der Waals surface area contributed by atoms with Gasteiger partial charge in [-0.05, 0) is 24.1 Å². The molecule has 1 amide bonds. The predicted molar refractivity (Wildman–Crippen MR) is 85.8 cm³/mol. The molecule has 0 fully saturated rings. The highest BCUT2D eigenvalue weighted by molar-refractivity contribution is 6.09. The van der Waals surface area contributed by atoms with Crippen LogP contribution in [0, 0.1) is 6.92 Å². The molecule has 1 aromatic heterocycles. The van der Waals surface area contributed by atoms with Crippen LogP contribution in [0.2, 0.25) is 0 Å². The number of benzene rings is 2. The fraction of sp³-hybridized carbons (Fsp3) is 0.105. The number of rotatable bonds is 1. The standard InChI is InChI=1S/C19H15NO2/c1-13-6-2-4-8-15(13)19(21)20-12-14-7-3-5-9-16(14)18-17(20)10-11-22-18/h2-11H,12H2,1H3. The van der Waals surface area contributed by atoms with Crippen LogP contribution in [0.3, 0.4) is 0 Å². The second-order valence-corrected chi connectivity index (χ2v) is 5.50. The number of carbonyl (C=O) groups is 1. The highest BCUT2D eigenvalue weighted by atomic mass is 16.3. The van der Waals surface area contributed by atoms with Crippen LogP contribution >= 0.6 is 0 Å². The van der Waals surface area contributed by atoms with Gasteiger partial charge in [-0.15, -0.1) is 0 Å². The Bertz CT molecular complexity index is 863. The van der Waals surface area contributed by atoms with E-state index >= 15 is 0 Å². The molecule has 2 aromatic carbocycles. The fourth-order valence-corrected chi connectivity index (χ4v) is 2.99. The summed E-state index contributed by atoms with van der Waals surface area (Å²) in [5.74, 6) is 0.777. The highest BCUT2D eigenvalue weighted by Crippen LogP contribution is 2.40. The lowest BCUT2D eigenvalue weighted by Crippen LogP contribution is -2.33. The molecule has 2 heterocycles. The van der Waals surface area contributed by atoms with Gasteiger partial charge in [-0.1, -0.05) is 42.5 Å². The number of aryl methyl sites for hydroxylation is 1. The maximum absolute atomic E-state index is 13.0. The summed E-state index contributed by atoms with van der Waals surface area (Å²) in [4.78, 5) is 14.8. The van der Waals surface area contributed by atoms with E-state index in [2.05, 4.69) is 0 Å². The zero-order valence-corrected chi connectivity index (χ0v) is 12.2. The molecule has 3 aromatic rings. The normalized spacial score (nSPS) is 12.7. The van der Waals surface area contributed by atoms with Crippen molar-refractivity contribution in [2.24, 2.45) is 0 Å². The molecule has 0 bridgehead atoms. The summed E-state index contributed by atoms with van der Waals surface area (Å²) in [6, 6.07) is 17.6. The second kappa shape index (κ2) is 4.88. The predicted octanol–water partition coefficient (Wildman–Crippen LogP) is 4.42. The number of amides is 1. The van der Waals surface area contributed by atoms with Gasteiger partial charge < -0.3 is 9.32 Å². The van der Waals surface area contributed by atoms with E-state index in [1.54, 1.807) is 11.2 Å².